The minimum Gasteiger partial charge on any atom is -0.457 e. The molecular weight excluding hydrogens is 414 g/mol. The van der Waals surface area contributed by atoms with E-state index >= 15 is 0 Å². The SMILES string of the molecule is CC(=O)N[C@@H]1[C@@H](OCc2ccccc2)[C@H](OC(C)=O)[C@@H](COCc2ccccc2)O[C@H]1O. The largest absolute Gasteiger partial charge is 0.457 e. The molecule has 0 spiro atoms. The van der Waals surface area contributed by atoms with Gasteiger partial charge in [0.05, 0.1) is 19.8 Å². The number of nitrogens with one attached hydrogen (secondary N) is 1. The van der Waals surface area contributed by atoms with Gasteiger partial charge in [-0.25, -0.2) is 0 Å². The zero-order valence-electron chi connectivity index (χ0n) is 18.2. The molecule has 2 aromatic carbocycles. The molecule has 0 aromatic heterocycles. The molecule has 1 aliphatic heterocycles. The van der Waals surface area contributed by atoms with E-state index in [1.54, 1.807) is 0 Å². The van der Waals surface area contributed by atoms with Crippen molar-refractivity contribution in [3.05, 3.63) is 71.8 Å². The summed E-state index contributed by atoms with van der Waals surface area (Å²) in [5.74, 6) is -0.899. The molecule has 3 rings (SSSR count). The van der Waals surface area contributed by atoms with Gasteiger partial charge in [-0.2, -0.15) is 0 Å². The Morgan fingerprint density at radius 2 is 1.53 bits per heavy atom. The number of aliphatic hydroxyl groups is 1. The highest BCUT2D eigenvalue weighted by atomic mass is 16.7. The van der Waals surface area contributed by atoms with Crippen LogP contribution in [0.2, 0.25) is 0 Å². The van der Waals surface area contributed by atoms with Gasteiger partial charge in [0, 0.05) is 13.8 Å². The fourth-order valence-corrected chi connectivity index (χ4v) is 3.61. The van der Waals surface area contributed by atoms with Crippen LogP contribution in [0, 0.1) is 0 Å². The lowest BCUT2D eigenvalue weighted by atomic mass is 9.96. The lowest BCUT2D eigenvalue weighted by Crippen LogP contribution is -2.65. The van der Waals surface area contributed by atoms with Crippen LogP contribution in [0.1, 0.15) is 25.0 Å². The van der Waals surface area contributed by atoms with E-state index in [1.165, 1.54) is 13.8 Å². The van der Waals surface area contributed by atoms with Crippen LogP contribution in [0.4, 0.5) is 0 Å². The number of ether oxygens (including phenoxy) is 4. The second-order valence-electron chi connectivity index (χ2n) is 7.63. The van der Waals surface area contributed by atoms with Gasteiger partial charge in [0.2, 0.25) is 5.91 Å². The highest BCUT2D eigenvalue weighted by Gasteiger charge is 2.48. The standard InChI is InChI=1S/C24H29NO7/c1-16(26)25-21-23(30-14-19-11-7-4-8-12-19)22(31-17(2)27)20(32-24(21)28)15-29-13-18-9-5-3-6-10-18/h3-12,20-24,28H,13-15H2,1-2H3,(H,25,26)/t20-,21-,22-,23-,24-/m1/s1. The maximum Gasteiger partial charge on any atom is 0.303 e. The van der Waals surface area contributed by atoms with Crippen LogP contribution in [-0.2, 0) is 41.8 Å². The first-order valence-corrected chi connectivity index (χ1v) is 10.5. The highest BCUT2D eigenvalue weighted by molar-refractivity contribution is 5.73. The maximum atomic E-state index is 11.9. The van der Waals surface area contributed by atoms with E-state index in [-0.39, 0.29) is 19.1 Å². The zero-order valence-corrected chi connectivity index (χ0v) is 18.2. The number of aliphatic hydroxyl groups excluding tert-OH is 1. The third-order valence-corrected chi connectivity index (χ3v) is 5.02. The molecule has 1 heterocycles. The molecule has 1 fully saturated rings. The Morgan fingerprint density at radius 3 is 2.09 bits per heavy atom. The van der Waals surface area contributed by atoms with E-state index in [1.807, 2.05) is 60.7 Å². The Hall–Kier alpha value is -2.78. The number of carbonyl (C=O) groups is 2. The fraction of sp³-hybridized carbons (Fsp3) is 0.417. The van der Waals surface area contributed by atoms with Gasteiger partial charge in [0.1, 0.15) is 18.2 Å². The van der Waals surface area contributed by atoms with Gasteiger partial charge in [-0.3, -0.25) is 9.59 Å². The van der Waals surface area contributed by atoms with Crippen molar-refractivity contribution in [3.63, 3.8) is 0 Å². The van der Waals surface area contributed by atoms with Gasteiger partial charge in [-0.15, -0.1) is 0 Å². The van der Waals surface area contributed by atoms with Crippen molar-refractivity contribution in [1.82, 2.24) is 5.32 Å². The summed E-state index contributed by atoms with van der Waals surface area (Å²) in [6.07, 6.45) is -3.90. The third-order valence-electron chi connectivity index (χ3n) is 5.02. The number of amides is 1. The Bertz CT molecular complexity index is 861. The van der Waals surface area contributed by atoms with Crippen LogP contribution >= 0.6 is 0 Å². The topological polar surface area (TPSA) is 103 Å². The number of hydrogen-bond donors (Lipinski definition) is 2. The number of rotatable bonds is 9. The van der Waals surface area contributed by atoms with Crippen LogP contribution in [0.5, 0.6) is 0 Å². The third kappa shape index (κ3) is 6.86. The zero-order chi connectivity index (χ0) is 22.9. The first kappa shape index (κ1) is 23.9. The minimum atomic E-state index is -1.36. The quantitative estimate of drug-likeness (QED) is 0.571. The summed E-state index contributed by atoms with van der Waals surface area (Å²) in [6, 6.07) is 18.1. The molecule has 1 aliphatic rings. The lowest BCUT2D eigenvalue weighted by molar-refractivity contribution is -0.271. The molecular formula is C24H29NO7. The van der Waals surface area contributed by atoms with E-state index in [4.69, 9.17) is 18.9 Å². The summed E-state index contributed by atoms with van der Waals surface area (Å²) in [7, 11) is 0. The first-order chi connectivity index (χ1) is 15.4. The Balaban J connectivity index is 1.76. The molecule has 2 aromatic rings. The molecule has 1 amide bonds. The average molecular weight is 443 g/mol. The molecule has 0 bridgehead atoms. The van der Waals surface area contributed by atoms with E-state index in [0.717, 1.165) is 11.1 Å². The normalized spacial score (nSPS) is 25.2. The molecule has 8 nitrogen and oxygen atoms in total. The van der Waals surface area contributed by atoms with Crippen molar-refractivity contribution in [1.29, 1.82) is 0 Å². The maximum absolute atomic E-state index is 11.9. The molecule has 0 saturated carbocycles. The summed E-state index contributed by atoms with van der Waals surface area (Å²) in [6.45, 7) is 3.20. The van der Waals surface area contributed by atoms with Crippen molar-refractivity contribution in [2.45, 2.75) is 57.7 Å². The van der Waals surface area contributed by atoms with Gasteiger partial charge in [0.25, 0.3) is 0 Å². The first-order valence-electron chi connectivity index (χ1n) is 10.5. The Kier molecular flexibility index (Phi) is 8.75. The molecule has 5 atom stereocenters. The van der Waals surface area contributed by atoms with Crippen LogP contribution in [0.15, 0.2) is 60.7 Å². The average Bonchev–Trinajstić information content (AvgIpc) is 2.77. The van der Waals surface area contributed by atoms with Crippen LogP contribution in [0.25, 0.3) is 0 Å². The van der Waals surface area contributed by atoms with Gasteiger partial charge in [0.15, 0.2) is 12.4 Å². The number of esters is 1. The molecule has 8 heteroatoms. The molecule has 172 valence electrons. The van der Waals surface area contributed by atoms with Crippen LogP contribution < -0.4 is 5.32 Å². The predicted octanol–water partition coefficient (Wildman–Crippen LogP) is 1.94. The number of hydrogen-bond acceptors (Lipinski definition) is 7. The van der Waals surface area contributed by atoms with E-state index in [9.17, 15) is 14.7 Å². The van der Waals surface area contributed by atoms with Crippen molar-refractivity contribution >= 4 is 11.9 Å². The summed E-state index contributed by atoms with van der Waals surface area (Å²) >= 11 is 0. The molecule has 0 radical (unpaired) electrons. The molecule has 0 aliphatic carbocycles. The monoisotopic (exact) mass is 443 g/mol. The second kappa shape index (κ2) is 11.7. The summed E-state index contributed by atoms with van der Waals surface area (Å²) in [5, 5.41) is 13.3. The van der Waals surface area contributed by atoms with Gasteiger partial charge >= 0.3 is 5.97 Å². The highest BCUT2D eigenvalue weighted by Crippen LogP contribution is 2.27. The summed E-state index contributed by atoms with van der Waals surface area (Å²) in [4.78, 5) is 23.6. The minimum absolute atomic E-state index is 0.0574. The van der Waals surface area contributed by atoms with Gasteiger partial charge in [-0.05, 0) is 11.1 Å². The van der Waals surface area contributed by atoms with E-state index in [0.29, 0.717) is 6.61 Å². The molecule has 0 unspecified atom stereocenters. The molecule has 32 heavy (non-hydrogen) atoms. The fourth-order valence-electron chi connectivity index (χ4n) is 3.61. The molecule has 1 saturated heterocycles. The van der Waals surface area contributed by atoms with Crippen molar-refractivity contribution in [2.24, 2.45) is 0 Å². The van der Waals surface area contributed by atoms with E-state index < -0.39 is 36.6 Å². The Morgan fingerprint density at radius 1 is 0.938 bits per heavy atom. The van der Waals surface area contributed by atoms with E-state index in [2.05, 4.69) is 5.32 Å². The smallest absolute Gasteiger partial charge is 0.303 e. The summed E-state index contributed by atoms with van der Waals surface area (Å²) in [5.41, 5.74) is 1.87. The van der Waals surface area contributed by atoms with Crippen molar-refractivity contribution < 1.29 is 33.6 Å². The van der Waals surface area contributed by atoms with Crippen LogP contribution in [-0.4, -0.2) is 54.2 Å². The number of benzene rings is 2. The summed E-state index contributed by atoms with van der Waals surface area (Å²) < 4.78 is 23.1. The van der Waals surface area contributed by atoms with Crippen LogP contribution in [0.3, 0.4) is 0 Å². The molecule has 2 N–H and O–H groups in total. The van der Waals surface area contributed by atoms with Crippen molar-refractivity contribution in [2.75, 3.05) is 6.61 Å². The second-order valence-corrected chi connectivity index (χ2v) is 7.63. The van der Waals surface area contributed by atoms with Gasteiger partial charge in [-0.1, -0.05) is 60.7 Å². The predicted molar refractivity (Wildman–Crippen MR) is 115 cm³/mol. The van der Waals surface area contributed by atoms with Gasteiger partial charge < -0.3 is 29.4 Å². The number of carbonyl (C=O) groups excluding carboxylic acids is 2. The Labute approximate surface area is 187 Å². The van der Waals surface area contributed by atoms with Crippen molar-refractivity contribution in [3.8, 4) is 0 Å². The lowest BCUT2D eigenvalue weighted by Gasteiger charge is -2.44.